The first-order valence-electron chi connectivity index (χ1n) is 4.94. The molecule has 80 valence electrons. The average Bonchev–Trinajstić information content (AvgIpc) is 2.54. The van der Waals surface area contributed by atoms with Crippen LogP contribution < -0.4 is 0 Å². The third kappa shape index (κ3) is 3.20. The van der Waals surface area contributed by atoms with Gasteiger partial charge in [-0.15, -0.1) is 10.2 Å². The summed E-state index contributed by atoms with van der Waals surface area (Å²) in [5.74, 6) is 2.23. The van der Waals surface area contributed by atoms with Gasteiger partial charge >= 0.3 is 0 Å². The Balaban J connectivity index is 2.55. The van der Waals surface area contributed by atoms with Crippen LogP contribution in [0.25, 0.3) is 0 Å². The summed E-state index contributed by atoms with van der Waals surface area (Å²) >= 11 is 3.55. The highest BCUT2D eigenvalue weighted by atomic mass is 32.2. The minimum Gasteiger partial charge on any atom is -0.300 e. The fourth-order valence-corrected chi connectivity index (χ4v) is 2.53. The number of hydrogen-bond acceptors (Lipinski definition) is 4. The quantitative estimate of drug-likeness (QED) is 0.704. The summed E-state index contributed by atoms with van der Waals surface area (Å²) in [6.07, 6.45) is 2.35. The zero-order valence-corrected chi connectivity index (χ0v) is 10.6. The molecule has 0 N–H and O–H groups in total. The van der Waals surface area contributed by atoms with Crippen molar-refractivity contribution in [1.29, 1.82) is 0 Å². The minimum absolute atomic E-state index is 1.03. The van der Waals surface area contributed by atoms with Gasteiger partial charge in [-0.2, -0.15) is 0 Å². The molecule has 0 aromatic carbocycles. The topological polar surface area (TPSA) is 30.7 Å². The van der Waals surface area contributed by atoms with E-state index < -0.39 is 0 Å². The van der Waals surface area contributed by atoms with Crippen molar-refractivity contribution in [1.82, 2.24) is 14.8 Å². The molecule has 1 heterocycles. The summed E-state index contributed by atoms with van der Waals surface area (Å²) in [6, 6.07) is 0. The molecule has 3 nitrogen and oxygen atoms in total. The maximum absolute atomic E-state index is 4.16. The zero-order valence-electron chi connectivity index (χ0n) is 8.99. The lowest BCUT2D eigenvalue weighted by Crippen LogP contribution is -1.94. The maximum Gasteiger partial charge on any atom is 0.191 e. The van der Waals surface area contributed by atoms with Gasteiger partial charge < -0.3 is 4.57 Å². The Hall–Kier alpha value is -0.160. The van der Waals surface area contributed by atoms with Crippen molar-refractivity contribution in [3.05, 3.63) is 0 Å². The first-order chi connectivity index (χ1) is 6.79. The van der Waals surface area contributed by atoms with Crippen LogP contribution in [0.15, 0.2) is 10.3 Å². The molecule has 5 heteroatoms. The first kappa shape index (κ1) is 11.9. The van der Waals surface area contributed by atoms with Crippen LogP contribution in [0.4, 0.5) is 0 Å². The van der Waals surface area contributed by atoms with Crippen LogP contribution in [0.5, 0.6) is 0 Å². The molecular weight excluding hydrogens is 214 g/mol. The van der Waals surface area contributed by atoms with Gasteiger partial charge in [0.15, 0.2) is 10.3 Å². The number of nitrogens with zero attached hydrogens (tertiary/aromatic N) is 3. The molecule has 0 bridgehead atoms. The third-order valence-electron chi connectivity index (χ3n) is 1.67. The maximum atomic E-state index is 4.16. The van der Waals surface area contributed by atoms with Gasteiger partial charge in [-0.1, -0.05) is 37.4 Å². The molecular formula is C9H17N3S2. The van der Waals surface area contributed by atoms with E-state index in [-0.39, 0.29) is 0 Å². The third-order valence-corrected chi connectivity index (χ3v) is 4.12. The average molecular weight is 231 g/mol. The summed E-state index contributed by atoms with van der Waals surface area (Å²) in [5.41, 5.74) is 0. The molecule has 0 spiro atoms. The van der Waals surface area contributed by atoms with E-state index >= 15 is 0 Å². The van der Waals surface area contributed by atoms with E-state index in [4.69, 9.17) is 0 Å². The number of thioether (sulfide) groups is 2. The second-order valence-corrected chi connectivity index (χ2v) is 5.15. The second-order valence-electron chi connectivity index (χ2n) is 3.02. The van der Waals surface area contributed by atoms with Crippen molar-refractivity contribution in [2.24, 2.45) is 7.05 Å². The lowest BCUT2D eigenvalue weighted by atomic mass is 10.6. The van der Waals surface area contributed by atoms with Gasteiger partial charge in [-0.05, 0) is 12.8 Å². The predicted octanol–water partition coefficient (Wildman–Crippen LogP) is 2.82. The van der Waals surface area contributed by atoms with Crippen LogP contribution in [0, 0.1) is 0 Å². The van der Waals surface area contributed by atoms with E-state index in [9.17, 15) is 0 Å². The van der Waals surface area contributed by atoms with Crippen LogP contribution >= 0.6 is 23.5 Å². The lowest BCUT2D eigenvalue weighted by molar-refractivity contribution is 0.721. The lowest BCUT2D eigenvalue weighted by Gasteiger charge is -2.01. The SMILES string of the molecule is CCCSc1nnc(SCCC)n1C. The first-order valence-corrected chi connectivity index (χ1v) is 6.91. The van der Waals surface area contributed by atoms with E-state index in [1.165, 1.54) is 12.8 Å². The molecule has 0 amide bonds. The molecule has 0 saturated heterocycles. The Bertz CT molecular complexity index is 248. The van der Waals surface area contributed by atoms with E-state index in [2.05, 4.69) is 28.6 Å². The van der Waals surface area contributed by atoms with Gasteiger partial charge in [-0.3, -0.25) is 0 Å². The van der Waals surface area contributed by atoms with Crippen molar-refractivity contribution in [3.63, 3.8) is 0 Å². The fourth-order valence-electron chi connectivity index (χ4n) is 0.940. The van der Waals surface area contributed by atoms with Crippen LogP contribution in [0.1, 0.15) is 26.7 Å². The van der Waals surface area contributed by atoms with Crippen LogP contribution in [0.2, 0.25) is 0 Å². The Kier molecular flexibility index (Phi) is 5.40. The number of rotatable bonds is 6. The van der Waals surface area contributed by atoms with Gasteiger partial charge in [-0.25, -0.2) is 0 Å². The van der Waals surface area contributed by atoms with E-state index in [0.29, 0.717) is 0 Å². The van der Waals surface area contributed by atoms with E-state index in [1.807, 2.05) is 7.05 Å². The predicted molar refractivity (Wildman–Crippen MR) is 63.0 cm³/mol. The molecule has 0 aliphatic rings. The smallest absolute Gasteiger partial charge is 0.191 e. The molecule has 0 aliphatic carbocycles. The highest BCUT2D eigenvalue weighted by Crippen LogP contribution is 2.22. The molecule has 0 unspecified atom stereocenters. The molecule has 1 aromatic rings. The van der Waals surface area contributed by atoms with Crippen molar-refractivity contribution in [3.8, 4) is 0 Å². The number of aromatic nitrogens is 3. The molecule has 0 atom stereocenters. The Labute approximate surface area is 94.1 Å². The molecule has 0 saturated carbocycles. The Morgan fingerprint density at radius 3 is 1.79 bits per heavy atom. The summed E-state index contributed by atoms with van der Waals surface area (Å²) in [7, 11) is 2.04. The Morgan fingerprint density at radius 2 is 1.43 bits per heavy atom. The van der Waals surface area contributed by atoms with Crippen molar-refractivity contribution >= 4 is 23.5 Å². The van der Waals surface area contributed by atoms with Crippen LogP contribution in [-0.2, 0) is 7.05 Å². The van der Waals surface area contributed by atoms with Gasteiger partial charge in [0.05, 0.1) is 0 Å². The van der Waals surface area contributed by atoms with Gasteiger partial charge in [0.1, 0.15) is 0 Å². The summed E-state index contributed by atoms with van der Waals surface area (Å²) in [6.45, 7) is 4.35. The van der Waals surface area contributed by atoms with Crippen molar-refractivity contribution < 1.29 is 0 Å². The standard InChI is InChI=1S/C9H17N3S2/c1-4-6-13-8-10-11-9(12(8)3)14-7-5-2/h4-7H2,1-3H3. The van der Waals surface area contributed by atoms with E-state index in [0.717, 1.165) is 21.8 Å². The van der Waals surface area contributed by atoms with Gasteiger partial charge in [0.25, 0.3) is 0 Å². The molecule has 0 fully saturated rings. The van der Waals surface area contributed by atoms with Gasteiger partial charge in [0, 0.05) is 18.6 Å². The summed E-state index contributed by atoms with van der Waals surface area (Å²) in [5, 5.41) is 10.4. The summed E-state index contributed by atoms with van der Waals surface area (Å²) < 4.78 is 2.08. The molecule has 1 aromatic heterocycles. The normalized spacial score (nSPS) is 10.8. The van der Waals surface area contributed by atoms with Crippen molar-refractivity contribution in [2.45, 2.75) is 37.0 Å². The molecule has 0 radical (unpaired) electrons. The van der Waals surface area contributed by atoms with E-state index in [1.54, 1.807) is 23.5 Å². The van der Waals surface area contributed by atoms with Crippen LogP contribution in [0.3, 0.4) is 0 Å². The minimum atomic E-state index is 1.03. The number of hydrogen-bond donors (Lipinski definition) is 0. The highest BCUT2D eigenvalue weighted by molar-refractivity contribution is 7.99. The highest BCUT2D eigenvalue weighted by Gasteiger charge is 2.08. The fraction of sp³-hybridized carbons (Fsp3) is 0.778. The zero-order chi connectivity index (χ0) is 10.4. The molecule has 0 aliphatic heterocycles. The second kappa shape index (κ2) is 6.35. The van der Waals surface area contributed by atoms with Gasteiger partial charge in [0.2, 0.25) is 0 Å². The largest absolute Gasteiger partial charge is 0.300 e. The van der Waals surface area contributed by atoms with Crippen LogP contribution in [-0.4, -0.2) is 26.3 Å². The Morgan fingerprint density at radius 1 is 1.00 bits per heavy atom. The molecule has 14 heavy (non-hydrogen) atoms. The monoisotopic (exact) mass is 231 g/mol. The molecule has 1 rings (SSSR count). The summed E-state index contributed by atoms with van der Waals surface area (Å²) in [4.78, 5) is 0. The van der Waals surface area contributed by atoms with Crippen molar-refractivity contribution in [2.75, 3.05) is 11.5 Å².